The third kappa shape index (κ3) is 3.55. The van der Waals surface area contributed by atoms with E-state index in [1.54, 1.807) is 11.0 Å². The first-order valence-corrected chi connectivity index (χ1v) is 8.90. The molecule has 0 radical (unpaired) electrons. The number of amides is 2. The second-order valence-electron chi connectivity index (χ2n) is 7.06. The summed E-state index contributed by atoms with van der Waals surface area (Å²) in [6, 6.07) is 2.76. The van der Waals surface area contributed by atoms with E-state index >= 15 is 0 Å². The predicted molar refractivity (Wildman–Crippen MR) is 96.8 cm³/mol. The molecule has 1 atom stereocenters. The van der Waals surface area contributed by atoms with Gasteiger partial charge in [-0.3, -0.25) is 19.3 Å². The molecule has 2 aliphatic rings. The van der Waals surface area contributed by atoms with Gasteiger partial charge in [0, 0.05) is 50.7 Å². The van der Waals surface area contributed by atoms with Gasteiger partial charge in [-0.05, 0) is 26.0 Å². The Bertz CT molecular complexity index is 741. The van der Waals surface area contributed by atoms with Crippen LogP contribution in [0.4, 0.5) is 0 Å². The Morgan fingerprint density at radius 3 is 2.81 bits per heavy atom. The lowest BCUT2D eigenvalue weighted by atomic mass is 9.86. The Labute approximate surface area is 152 Å². The molecular weight excluding hydrogens is 334 g/mol. The molecule has 2 aliphatic heterocycles. The summed E-state index contributed by atoms with van der Waals surface area (Å²) in [7, 11) is 2.06. The highest BCUT2D eigenvalue weighted by Gasteiger charge is 2.43. The van der Waals surface area contributed by atoms with E-state index in [0.29, 0.717) is 32.6 Å². The third-order valence-corrected chi connectivity index (χ3v) is 5.54. The van der Waals surface area contributed by atoms with Crippen LogP contribution in [0.1, 0.15) is 29.8 Å². The lowest BCUT2D eigenvalue weighted by Gasteiger charge is -2.49. The number of aromatic amines is 1. The molecule has 1 aromatic heterocycles. The van der Waals surface area contributed by atoms with E-state index in [9.17, 15) is 14.4 Å². The number of nitrogens with zero attached hydrogens (tertiary/aromatic N) is 4. The van der Waals surface area contributed by atoms with E-state index in [1.807, 2.05) is 4.90 Å². The fourth-order valence-corrected chi connectivity index (χ4v) is 3.84. The summed E-state index contributed by atoms with van der Waals surface area (Å²) in [6.45, 7) is 6.84. The second-order valence-corrected chi connectivity index (χ2v) is 7.06. The van der Waals surface area contributed by atoms with Crippen LogP contribution in [-0.2, 0) is 4.79 Å². The third-order valence-electron chi connectivity index (χ3n) is 5.54. The van der Waals surface area contributed by atoms with Crippen LogP contribution in [0, 0.1) is 0 Å². The van der Waals surface area contributed by atoms with Gasteiger partial charge < -0.3 is 9.80 Å². The van der Waals surface area contributed by atoms with Gasteiger partial charge in [-0.2, -0.15) is 5.10 Å². The molecular formula is C18H25N5O3. The average Bonchev–Trinajstić information content (AvgIpc) is 2.79. The number of rotatable bonds is 3. The quantitative estimate of drug-likeness (QED) is 0.773. The van der Waals surface area contributed by atoms with Crippen molar-refractivity contribution in [3.63, 3.8) is 0 Å². The van der Waals surface area contributed by atoms with Crippen LogP contribution in [0.2, 0.25) is 0 Å². The minimum atomic E-state index is -0.332. The van der Waals surface area contributed by atoms with Crippen LogP contribution in [0.5, 0.6) is 0 Å². The molecule has 8 nitrogen and oxygen atoms in total. The zero-order valence-electron chi connectivity index (χ0n) is 15.1. The van der Waals surface area contributed by atoms with Crippen molar-refractivity contribution in [1.29, 1.82) is 0 Å². The maximum absolute atomic E-state index is 12.8. The minimum absolute atomic E-state index is 0.140. The van der Waals surface area contributed by atoms with Crippen molar-refractivity contribution in [3.05, 3.63) is 40.8 Å². The number of hydrogen-bond acceptors (Lipinski definition) is 5. The van der Waals surface area contributed by atoms with Gasteiger partial charge in [-0.1, -0.05) is 6.08 Å². The molecule has 1 aromatic rings. The summed E-state index contributed by atoms with van der Waals surface area (Å²) in [5, 5.41) is 6.17. The Morgan fingerprint density at radius 2 is 2.12 bits per heavy atom. The number of hydrogen-bond donors (Lipinski definition) is 1. The molecule has 0 aromatic carbocycles. The highest BCUT2D eigenvalue weighted by Crippen LogP contribution is 2.32. The van der Waals surface area contributed by atoms with Gasteiger partial charge >= 0.3 is 0 Å². The normalized spacial score (nSPS) is 24.6. The van der Waals surface area contributed by atoms with E-state index < -0.39 is 0 Å². The van der Waals surface area contributed by atoms with Crippen LogP contribution < -0.4 is 5.56 Å². The molecule has 0 unspecified atom stereocenters. The average molecular weight is 359 g/mol. The zero-order chi connectivity index (χ0) is 18.7. The molecule has 3 rings (SSSR count). The number of likely N-dealkylation sites (tertiary alicyclic amines) is 1. The number of likely N-dealkylation sites (N-methyl/N-ethyl adjacent to an activating group) is 1. The lowest BCUT2D eigenvalue weighted by Crippen LogP contribution is -2.62. The molecule has 0 aliphatic carbocycles. The second kappa shape index (κ2) is 7.41. The van der Waals surface area contributed by atoms with Crippen molar-refractivity contribution in [2.45, 2.75) is 24.8 Å². The van der Waals surface area contributed by atoms with Gasteiger partial charge in [0.15, 0.2) is 0 Å². The SMILES string of the molecule is C=CCN1CC[C@]2(CCC1=O)CN(C(=O)c1ccc(=O)[nH]n1)CCN2C. The van der Waals surface area contributed by atoms with E-state index in [-0.39, 0.29) is 28.6 Å². The summed E-state index contributed by atoms with van der Waals surface area (Å²) >= 11 is 0. The summed E-state index contributed by atoms with van der Waals surface area (Å²) in [4.78, 5) is 42.2. The van der Waals surface area contributed by atoms with Crippen molar-refractivity contribution in [3.8, 4) is 0 Å². The van der Waals surface area contributed by atoms with E-state index in [2.05, 4.69) is 28.7 Å². The number of carbonyl (C=O) groups is 2. The molecule has 26 heavy (non-hydrogen) atoms. The van der Waals surface area contributed by atoms with Crippen LogP contribution in [0.3, 0.4) is 0 Å². The molecule has 2 fully saturated rings. The van der Waals surface area contributed by atoms with Gasteiger partial charge in [0.25, 0.3) is 11.5 Å². The van der Waals surface area contributed by atoms with Crippen molar-refractivity contribution >= 4 is 11.8 Å². The van der Waals surface area contributed by atoms with E-state index in [4.69, 9.17) is 0 Å². The first-order valence-electron chi connectivity index (χ1n) is 8.90. The monoisotopic (exact) mass is 359 g/mol. The summed E-state index contributed by atoms with van der Waals surface area (Å²) in [6.07, 6.45) is 3.75. The zero-order valence-corrected chi connectivity index (χ0v) is 15.1. The Hall–Kier alpha value is -2.48. The topological polar surface area (TPSA) is 89.6 Å². The largest absolute Gasteiger partial charge is 0.339 e. The molecule has 2 saturated heterocycles. The first-order chi connectivity index (χ1) is 12.4. The fraction of sp³-hybridized carbons (Fsp3) is 0.556. The van der Waals surface area contributed by atoms with Gasteiger partial charge in [-0.15, -0.1) is 6.58 Å². The maximum Gasteiger partial charge on any atom is 0.274 e. The molecule has 3 heterocycles. The standard InChI is InChI=1S/C18H25N5O3/c1-3-9-22-10-8-18(7-6-16(22)25)13-23(12-11-21(18)2)17(26)14-4-5-15(24)20-19-14/h3-5H,1,6-13H2,2H3,(H,20,24)/t18-/m1/s1. The highest BCUT2D eigenvalue weighted by atomic mass is 16.2. The summed E-state index contributed by atoms with van der Waals surface area (Å²) in [5.41, 5.74) is -0.315. The van der Waals surface area contributed by atoms with Gasteiger partial charge in [0.05, 0.1) is 0 Å². The maximum atomic E-state index is 12.8. The van der Waals surface area contributed by atoms with E-state index in [1.165, 1.54) is 12.1 Å². The van der Waals surface area contributed by atoms with Crippen LogP contribution in [-0.4, -0.2) is 82.0 Å². The molecule has 8 heteroatoms. The van der Waals surface area contributed by atoms with Gasteiger partial charge in [0.2, 0.25) is 5.91 Å². The molecule has 0 bridgehead atoms. The van der Waals surface area contributed by atoms with E-state index in [0.717, 1.165) is 19.4 Å². The number of H-pyrrole nitrogens is 1. The Morgan fingerprint density at radius 1 is 1.31 bits per heavy atom. The molecule has 0 saturated carbocycles. The summed E-state index contributed by atoms with van der Waals surface area (Å²) in [5.74, 6) is -0.0480. The summed E-state index contributed by atoms with van der Waals surface area (Å²) < 4.78 is 0. The molecule has 140 valence electrons. The number of aromatic nitrogens is 2. The van der Waals surface area contributed by atoms with Crippen molar-refractivity contribution in [2.75, 3.05) is 39.8 Å². The Kier molecular flexibility index (Phi) is 5.22. The van der Waals surface area contributed by atoms with Gasteiger partial charge in [0.1, 0.15) is 5.69 Å². The number of nitrogens with one attached hydrogen (secondary N) is 1. The van der Waals surface area contributed by atoms with Crippen molar-refractivity contribution < 1.29 is 9.59 Å². The lowest BCUT2D eigenvalue weighted by molar-refractivity contribution is -0.130. The molecule has 2 amide bonds. The van der Waals surface area contributed by atoms with Crippen molar-refractivity contribution in [1.82, 2.24) is 24.9 Å². The van der Waals surface area contributed by atoms with Crippen LogP contribution in [0.25, 0.3) is 0 Å². The molecule has 1 spiro atoms. The first kappa shape index (κ1) is 18.3. The Balaban J connectivity index is 1.78. The minimum Gasteiger partial charge on any atom is -0.339 e. The highest BCUT2D eigenvalue weighted by molar-refractivity contribution is 5.92. The number of piperazine rings is 1. The fourth-order valence-electron chi connectivity index (χ4n) is 3.84. The molecule has 1 N–H and O–H groups in total. The van der Waals surface area contributed by atoms with Crippen LogP contribution in [0.15, 0.2) is 29.6 Å². The van der Waals surface area contributed by atoms with Crippen LogP contribution >= 0.6 is 0 Å². The van der Waals surface area contributed by atoms with Crippen molar-refractivity contribution in [2.24, 2.45) is 0 Å². The number of carbonyl (C=O) groups excluding carboxylic acids is 2. The smallest absolute Gasteiger partial charge is 0.274 e. The predicted octanol–water partition coefficient (Wildman–Crippen LogP) is 0.0948. The van der Waals surface area contributed by atoms with Gasteiger partial charge in [-0.25, -0.2) is 5.10 Å².